The molecule has 0 aromatic carbocycles. The van der Waals surface area contributed by atoms with Gasteiger partial charge < -0.3 is 4.74 Å². The summed E-state index contributed by atoms with van der Waals surface area (Å²) in [4.78, 5) is 11.2. The van der Waals surface area contributed by atoms with Gasteiger partial charge >= 0.3 is 0 Å². The molecule has 1 amide bonds. The van der Waals surface area contributed by atoms with Crippen molar-refractivity contribution in [3.8, 4) is 0 Å². The van der Waals surface area contributed by atoms with Crippen molar-refractivity contribution in [1.29, 1.82) is 0 Å². The first kappa shape index (κ1) is 6.31. The molecular weight excluding hydrogens is 162 g/mol. The van der Waals surface area contributed by atoms with E-state index in [-0.39, 0.29) is 17.9 Å². The second kappa shape index (κ2) is 1.93. The molecule has 2 bridgehead atoms. The van der Waals surface area contributed by atoms with Crippen molar-refractivity contribution in [3.63, 3.8) is 0 Å². The summed E-state index contributed by atoms with van der Waals surface area (Å²) in [5.41, 5.74) is 0. The van der Waals surface area contributed by atoms with E-state index in [0.717, 1.165) is 12.8 Å². The van der Waals surface area contributed by atoms with E-state index in [4.69, 9.17) is 4.74 Å². The molecule has 4 heteroatoms. The fourth-order valence-corrected chi connectivity index (χ4v) is 3.49. The molecule has 3 saturated heterocycles. The van der Waals surface area contributed by atoms with Crippen molar-refractivity contribution < 1.29 is 9.53 Å². The molecule has 0 spiro atoms. The van der Waals surface area contributed by atoms with Gasteiger partial charge in [0.15, 0.2) is 0 Å². The maximum atomic E-state index is 11.2. The predicted molar refractivity (Wildman–Crippen MR) is 40.9 cm³/mol. The van der Waals surface area contributed by atoms with Crippen LogP contribution in [0, 0.1) is 5.92 Å². The van der Waals surface area contributed by atoms with Crippen LogP contribution in [0.15, 0.2) is 0 Å². The quantitative estimate of drug-likeness (QED) is 0.533. The summed E-state index contributed by atoms with van der Waals surface area (Å²) in [5.74, 6) is 0.353. The molecule has 3 nitrogen and oxygen atoms in total. The molecule has 3 aliphatic heterocycles. The highest BCUT2D eigenvalue weighted by Gasteiger charge is 2.56. The van der Waals surface area contributed by atoms with Crippen LogP contribution in [0.4, 0.5) is 0 Å². The molecule has 0 aromatic heterocycles. The Balaban J connectivity index is 1.97. The number of hydrogen-bond donors (Lipinski definition) is 1. The number of carbonyl (C=O) groups excluding carboxylic acids is 1. The Morgan fingerprint density at radius 3 is 3.09 bits per heavy atom. The van der Waals surface area contributed by atoms with E-state index < -0.39 is 0 Å². The van der Waals surface area contributed by atoms with E-state index in [0.29, 0.717) is 11.4 Å². The zero-order valence-corrected chi connectivity index (χ0v) is 6.76. The largest absolute Gasteiger partial charge is 0.373 e. The number of fused-ring (bicyclic) bond motifs is 5. The molecule has 3 heterocycles. The van der Waals surface area contributed by atoms with Crippen molar-refractivity contribution in [2.75, 3.05) is 0 Å². The normalized spacial score (nSPS) is 52.9. The van der Waals surface area contributed by atoms with Crippen LogP contribution in [-0.2, 0) is 9.53 Å². The van der Waals surface area contributed by atoms with Gasteiger partial charge in [0.1, 0.15) is 0 Å². The smallest absolute Gasteiger partial charge is 0.236 e. The molecule has 60 valence electrons. The molecule has 3 rings (SSSR count). The fourth-order valence-electron chi connectivity index (χ4n) is 2.30. The van der Waals surface area contributed by atoms with Gasteiger partial charge in [0.05, 0.1) is 23.4 Å². The van der Waals surface area contributed by atoms with Gasteiger partial charge in [-0.15, -0.1) is 0 Å². The third-order valence-corrected chi connectivity index (χ3v) is 3.99. The van der Waals surface area contributed by atoms with Gasteiger partial charge in [-0.2, -0.15) is 0 Å². The lowest BCUT2D eigenvalue weighted by atomic mass is 9.88. The molecule has 3 fully saturated rings. The molecule has 0 radical (unpaired) electrons. The van der Waals surface area contributed by atoms with Crippen LogP contribution in [0.25, 0.3) is 0 Å². The standard InChI is InChI=1S/C7H9NO2S/c9-7-5-3-1-2-4(10-3)6(5)11-8-7/h3-6H,1-2H2,(H,8,9). The Kier molecular flexibility index (Phi) is 1.11. The summed E-state index contributed by atoms with van der Waals surface area (Å²) < 4.78 is 8.45. The molecule has 0 aromatic rings. The third kappa shape index (κ3) is 0.667. The van der Waals surface area contributed by atoms with Crippen molar-refractivity contribution in [2.24, 2.45) is 5.92 Å². The first-order valence-electron chi connectivity index (χ1n) is 3.97. The van der Waals surface area contributed by atoms with Crippen molar-refractivity contribution in [2.45, 2.75) is 30.3 Å². The SMILES string of the molecule is O=C1NSC2C3CCC(O3)C12. The zero-order valence-electron chi connectivity index (χ0n) is 5.95. The van der Waals surface area contributed by atoms with Gasteiger partial charge in [0.25, 0.3) is 0 Å². The molecular formula is C7H9NO2S. The third-order valence-electron chi connectivity index (χ3n) is 2.80. The number of amides is 1. The van der Waals surface area contributed by atoms with Crippen LogP contribution in [0.2, 0.25) is 0 Å². The first-order valence-corrected chi connectivity index (χ1v) is 4.85. The summed E-state index contributed by atoms with van der Waals surface area (Å²) in [7, 11) is 0. The Hall–Kier alpha value is -0.220. The van der Waals surface area contributed by atoms with Gasteiger partial charge in [-0.1, -0.05) is 0 Å². The molecule has 0 aliphatic carbocycles. The highest BCUT2D eigenvalue weighted by molar-refractivity contribution is 7.99. The van der Waals surface area contributed by atoms with Gasteiger partial charge in [-0.05, 0) is 24.8 Å². The Labute approximate surface area is 69.0 Å². The molecule has 11 heavy (non-hydrogen) atoms. The van der Waals surface area contributed by atoms with Crippen LogP contribution in [0.1, 0.15) is 12.8 Å². The topological polar surface area (TPSA) is 38.3 Å². The number of ether oxygens (including phenoxy) is 1. The molecule has 4 atom stereocenters. The van der Waals surface area contributed by atoms with Crippen molar-refractivity contribution in [3.05, 3.63) is 0 Å². The zero-order chi connectivity index (χ0) is 7.42. The van der Waals surface area contributed by atoms with Gasteiger partial charge in [-0.25, -0.2) is 0 Å². The summed E-state index contributed by atoms with van der Waals surface area (Å²) in [6.07, 6.45) is 2.82. The second-order valence-corrected chi connectivity index (χ2v) is 4.35. The van der Waals surface area contributed by atoms with Gasteiger partial charge in [-0.3, -0.25) is 9.52 Å². The molecule has 1 N–H and O–H groups in total. The van der Waals surface area contributed by atoms with Gasteiger partial charge in [0, 0.05) is 0 Å². The fraction of sp³-hybridized carbons (Fsp3) is 0.857. The van der Waals surface area contributed by atoms with E-state index in [1.54, 1.807) is 11.9 Å². The molecule has 3 aliphatic rings. The second-order valence-electron chi connectivity index (χ2n) is 3.36. The Morgan fingerprint density at radius 2 is 2.27 bits per heavy atom. The average molecular weight is 171 g/mol. The lowest BCUT2D eigenvalue weighted by Gasteiger charge is -2.15. The maximum absolute atomic E-state index is 11.2. The van der Waals surface area contributed by atoms with Crippen LogP contribution in [0.3, 0.4) is 0 Å². The van der Waals surface area contributed by atoms with Crippen LogP contribution in [-0.4, -0.2) is 23.4 Å². The van der Waals surface area contributed by atoms with Crippen molar-refractivity contribution >= 4 is 17.9 Å². The number of rotatable bonds is 0. The highest BCUT2D eigenvalue weighted by Crippen LogP contribution is 2.47. The summed E-state index contributed by atoms with van der Waals surface area (Å²) in [5, 5.41) is 0.418. The highest BCUT2D eigenvalue weighted by atomic mass is 32.2. The Morgan fingerprint density at radius 1 is 1.45 bits per heavy atom. The van der Waals surface area contributed by atoms with E-state index in [1.165, 1.54) is 0 Å². The first-order chi connectivity index (χ1) is 5.36. The maximum Gasteiger partial charge on any atom is 0.236 e. The lowest BCUT2D eigenvalue weighted by molar-refractivity contribution is -0.123. The van der Waals surface area contributed by atoms with E-state index >= 15 is 0 Å². The number of hydrogen-bond acceptors (Lipinski definition) is 3. The minimum Gasteiger partial charge on any atom is -0.373 e. The minimum atomic E-state index is 0.166. The van der Waals surface area contributed by atoms with Crippen molar-refractivity contribution in [1.82, 2.24) is 4.72 Å². The Bertz CT molecular complexity index is 220. The monoisotopic (exact) mass is 171 g/mol. The average Bonchev–Trinajstić information content (AvgIpc) is 2.60. The number of carbonyl (C=O) groups is 1. The summed E-state index contributed by atoms with van der Waals surface area (Å²) >= 11 is 1.56. The van der Waals surface area contributed by atoms with Crippen LogP contribution in [0.5, 0.6) is 0 Å². The van der Waals surface area contributed by atoms with Crippen LogP contribution < -0.4 is 4.72 Å². The van der Waals surface area contributed by atoms with Crippen LogP contribution >= 0.6 is 11.9 Å². The predicted octanol–water partition coefficient (Wildman–Crippen LogP) is 0.310. The summed E-state index contributed by atoms with van der Waals surface area (Å²) in [6, 6.07) is 0. The minimum absolute atomic E-state index is 0.166. The van der Waals surface area contributed by atoms with Gasteiger partial charge in [0.2, 0.25) is 5.91 Å². The molecule has 0 saturated carbocycles. The molecule has 4 unspecified atom stereocenters. The van der Waals surface area contributed by atoms with E-state index in [9.17, 15) is 4.79 Å². The number of nitrogens with one attached hydrogen (secondary N) is 1. The summed E-state index contributed by atoms with van der Waals surface area (Å²) in [6.45, 7) is 0. The van der Waals surface area contributed by atoms with E-state index in [2.05, 4.69) is 4.72 Å². The lowest BCUT2D eigenvalue weighted by Crippen LogP contribution is -2.31. The van der Waals surface area contributed by atoms with E-state index in [1.807, 2.05) is 0 Å².